The predicted octanol–water partition coefficient (Wildman–Crippen LogP) is 1.30. The second-order valence-corrected chi connectivity index (χ2v) is 5.17. The maximum absolute atomic E-state index is 11.9. The summed E-state index contributed by atoms with van der Waals surface area (Å²) in [6, 6.07) is 6.29. The fourth-order valence-electron chi connectivity index (χ4n) is 2.12. The fourth-order valence-corrected chi connectivity index (χ4v) is 2.12. The summed E-state index contributed by atoms with van der Waals surface area (Å²) in [5.74, 6) is -1.15. The molecule has 19 heavy (non-hydrogen) atoms. The number of carboxylic acid groups (broad SMARTS) is 1. The monoisotopic (exact) mass is 263 g/mol. The second kappa shape index (κ2) is 4.91. The van der Waals surface area contributed by atoms with Crippen molar-refractivity contribution in [2.45, 2.75) is 31.7 Å². The zero-order valence-electron chi connectivity index (χ0n) is 10.7. The van der Waals surface area contributed by atoms with E-state index in [1.165, 1.54) is 12.1 Å². The maximum Gasteiger partial charge on any atom is 0.329 e. The third kappa shape index (κ3) is 3.05. The Bertz CT molecular complexity index is 493. The molecule has 1 aromatic rings. The first-order valence-electron chi connectivity index (χ1n) is 6.24. The number of benzene rings is 1. The molecule has 0 bridgehead atoms. The Labute approximate surface area is 111 Å². The van der Waals surface area contributed by atoms with Crippen molar-refractivity contribution in [3.63, 3.8) is 0 Å². The van der Waals surface area contributed by atoms with Gasteiger partial charge in [-0.1, -0.05) is 12.1 Å². The zero-order chi connectivity index (χ0) is 14.0. The molecule has 1 amide bonds. The summed E-state index contributed by atoms with van der Waals surface area (Å²) in [4.78, 5) is 23.2. The number of amides is 1. The third-order valence-electron chi connectivity index (χ3n) is 3.54. The highest BCUT2D eigenvalue weighted by Gasteiger charge is 2.48. The number of phenolic OH excluding ortho intramolecular Hbond substituents is 1. The van der Waals surface area contributed by atoms with Gasteiger partial charge in [0.25, 0.3) is 0 Å². The minimum Gasteiger partial charge on any atom is -0.508 e. The molecule has 1 unspecified atom stereocenters. The number of nitrogens with one attached hydrogen (secondary N) is 1. The highest BCUT2D eigenvalue weighted by molar-refractivity contribution is 5.88. The average molecular weight is 263 g/mol. The van der Waals surface area contributed by atoms with E-state index in [0.717, 1.165) is 18.4 Å². The Hall–Kier alpha value is -2.04. The molecule has 0 radical (unpaired) electrons. The van der Waals surface area contributed by atoms with Gasteiger partial charge in [-0.2, -0.15) is 0 Å². The number of aromatic hydroxyl groups is 1. The van der Waals surface area contributed by atoms with E-state index in [0.29, 0.717) is 0 Å². The smallest absolute Gasteiger partial charge is 0.329 e. The van der Waals surface area contributed by atoms with Crippen molar-refractivity contribution in [1.29, 1.82) is 0 Å². The van der Waals surface area contributed by atoms with Gasteiger partial charge in [0.15, 0.2) is 0 Å². The van der Waals surface area contributed by atoms with Gasteiger partial charge in [-0.25, -0.2) is 4.79 Å². The molecular weight excluding hydrogens is 246 g/mol. The third-order valence-corrected chi connectivity index (χ3v) is 3.54. The van der Waals surface area contributed by atoms with Gasteiger partial charge >= 0.3 is 5.97 Å². The van der Waals surface area contributed by atoms with Crippen LogP contribution in [0.4, 0.5) is 0 Å². The van der Waals surface area contributed by atoms with Crippen molar-refractivity contribution in [2.75, 3.05) is 0 Å². The number of carbonyl (C=O) groups is 2. The summed E-state index contributed by atoms with van der Waals surface area (Å²) in [7, 11) is 0. The van der Waals surface area contributed by atoms with E-state index in [1.54, 1.807) is 19.1 Å². The summed E-state index contributed by atoms with van der Waals surface area (Å²) in [6.45, 7) is 1.56. The number of aliphatic carboxylic acids is 1. The van der Waals surface area contributed by atoms with Crippen LogP contribution >= 0.6 is 0 Å². The Morgan fingerprint density at radius 1 is 1.32 bits per heavy atom. The first-order valence-corrected chi connectivity index (χ1v) is 6.24. The molecule has 1 aromatic carbocycles. The summed E-state index contributed by atoms with van der Waals surface area (Å²) >= 11 is 0. The van der Waals surface area contributed by atoms with Gasteiger partial charge in [-0.05, 0) is 43.4 Å². The van der Waals surface area contributed by atoms with Crippen LogP contribution in [-0.4, -0.2) is 27.6 Å². The lowest BCUT2D eigenvalue weighted by atomic mass is 9.95. The molecule has 1 aliphatic rings. The Balaban J connectivity index is 2.00. The summed E-state index contributed by atoms with van der Waals surface area (Å²) in [5, 5.41) is 21.0. The first-order chi connectivity index (χ1) is 8.91. The lowest BCUT2D eigenvalue weighted by Gasteiger charge is -2.26. The van der Waals surface area contributed by atoms with Gasteiger partial charge in [0.05, 0.1) is 6.42 Å². The van der Waals surface area contributed by atoms with Crippen molar-refractivity contribution in [2.24, 2.45) is 5.92 Å². The lowest BCUT2D eigenvalue weighted by Crippen LogP contribution is -2.54. The van der Waals surface area contributed by atoms with E-state index in [-0.39, 0.29) is 24.0 Å². The number of rotatable bonds is 5. The number of hydrogen-bond donors (Lipinski definition) is 3. The van der Waals surface area contributed by atoms with Gasteiger partial charge < -0.3 is 15.5 Å². The molecular formula is C14H17NO4. The molecule has 0 aliphatic heterocycles. The van der Waals surface area contributed by atoms with E-state index >= 15 is 0 Å². The Morgan fingerprint density at radius 3 is 2.37 bits per heavy atom. The van der Waals surface area contributed by atoms with Crippen LogP contribution in [0, 0.1) is 5.92 Å². The molecule has 1 saturated carbocycles. The molecule has 2 rings (SSSR count). The molecule has 1 aliphatic carbocycles. The van der Waals surface area contributed by atoms with Crippen molar-refractivity contribution in [3.05, 3.63) is 29.8 Å². The van der Waals surface area contributed by atoms with Gasteiger partial charge in [0.2, 0.25) is 5.91 Å². The van der Waals surface area contributed by atoms with Crippen molar-refractivity contribution in [1.82, 2.24) is 5.32 Å². The molecule has 0 heterocycles. The SMILES string of the molecule is CC(NC(=O)Cc1ccc(O)cc1)(C(=O)O)C1CC1. The first kappa shape index (κ1) is 13.4. The molecule has 0 aromatic heterocycles. The van der Waals surface area contributed by atoms with Crippen LogP contribution in [0.3, 0.4) is 0 Å². The van der Waals surface area contributed by atoms with E-state index in [1.807, 2.05) is 0 Å². The number of carbonyl (C=O) groups excluding carboxylic acids is 1. The normalized spacial score (nSPS) is 17.5. The standard InChI is InChI=1S/C14H17NO4/c1-14(13(18)19,10-4-5-10)15-12(17)8-9-2-6-11(16)7-3-9/h2-3,6-7,10,16H,4-5,8H2,1H3,(H,15,17)(H,18,19). The largest absolute Gasteiger partial charge is 0.508 e. The number of hydrogen-bond acceptors (Lipinski definition) is 3. The maximum atomic E-state index is 11.9. The van der Waals surface area contributed by atoms with Crippen LogP contribution in [0.15, 0.2) is 24.3 Å². The van der Waals surface area contributed by atoms with Gasteiger partial charge in [-0.15, -0.1) is 0 Å². The highest BCUT2D eigenvalue weighted by Crippen LogP contribution is 2.39. The lowest BCUT2D eigenvalue weighted by molar-refractivity contribution is -0.147. The molecule has 0 saturated heterocycles. The van der Waals surface area contributed by atoms with Gasteiger partial charge in [0.1, 0.15) is 11.3 Å². The van der Waals surface area contributed by atoms with E-state index in [9.17, 15) is 14.7 Å². The zero-order valence-corrected chi connectivity index (χ0v) is 10.7. The molecule has 102 valence electrons. The number of carboxylic acids is 1. The van der Waals surface area contributed by atoms with Crippen LogP contribution < -0.4 is 5.32 Å². The average Bonchev–Trinajstić information content (AvgIpc) is 3.16. The van der Waals surface area contributed by atoms with Crippen LogP contribution in [-0.2, 0) is 16.0 Å². The van der Waals surface area contributed by atoms with Gasteiger partial charge in [-0.3, -0.25) is 4.79 Å². The van der Waals surface area contributed by atoms with E-state index in [4.69, 9.17) is 5.11 Å². The van der Waals surface area contributed by atoms with E-state index < -0.39 is 11.5 Å². The molecule has 0 spiro atoms. The molecule has 5 nitrogen and oxygen atoms in total. The summed E-state index contributed by atoms with van der Waals surface area (Å²) < 4.78 is 0. The van der Waals surface area contributed by atoms with Crippen LogP contribution in [0.2, 0.25) is 0 Å². The molecule has 1 atom stereocenters. The fraction of sp³-hybridized carbons (Fsp3) is 0.429. The van der Waals surface area contributed by atoms with Crippen LogP contribution in [0.25, 0.3) is 0 Å². The topological polar surface area (TPSA) is 86.6 Å². The minimum atomic E-state index is -1.17. The highest BCUT2D eigenvalue weighted by atomic mass is 16.4. The Kier molecular flexibility index (Phi) is 3.46. The van der Waals surface area contributed by atoms with Crippen molar-refractivity contribution >= 4 is 11.9 Å². The van der Waals surface area contributed by atoms with Crippen LogP contribution in [0.5, 0.6) is 5.75 Å². The summed E-state index contributed by atoms with van der Waals surface area (Å²) in [5.41, 5.74) is -0.438. The Morgan fingerprint density at radius 2 is 1.89 bits per heavy atom. The molecule has 1 fully saturated rings. The van der Waals surface area contributed by atoms with Gasteiger partial charge in [0, 0.05) is 0 Å². The molecule has 5 heteroatoms. The predicted molar refractivity (Wildman–Crippen MR) is 68.7 cm³/mol. The molecule has 3 N–H and O–H groups in total. The van der Waals surface area contributed by atoms with Crippen molar-refractivity contribution < 1.29 is 19.8 Å². The minimum absolute atomic E-state index is 0.0220. The summed E-state index contributed by atoms with van der Waals surface area (Å²) in [6.07, 6.45) is 1.78. The quantitative estimate of drug-likeness (QED) is 0.747. The van der Waals surface area contributed by atoms with E-state index in [2.05, 4.69) is 5.32 Å². The number of phenols is 1. The van der Waals surface area contributed by atoms with Crippen LogP contribution in [0.1, 0.15) is 25.3 Å². The van der Waals surface area contributed by atoms with Crippen molar-refractivity contribution in [3.8, 4) is 5.75 Å². The second-order valence-electron chi connectivity index (χ2n) is 5.17.